The van der Waals surface area contributed by atoms with E-state index in [-0.39, 0.29) is 12.5 Å². The van der Waals surface area contributed by atoms with Crippen LogP contribution in [0.5, 0.6) is 0 Å². The minimum Gasteiger partial charge on any atom is -0.481 e. The first-order valence-electron chi connectivity index (χ1n) is 6.63. The summed E-state index contributed by atoms with van der Waals surface area (Å²) in [5.41, 5.74) is 1.95. The number of aliphatic carboxylic acids is 1. The predicted molar refractivity (Wildman–Crippen MR) is 73.0 cm³/mol. The Hall–Kier alpha value is -1.46. The zero-order valence-corrected chi connectivity index (χ0v) is 11.5. The SMILES string of the molecule is Cc1ccc(C(CC(=O)O)N2CCN(C)CC2)cn1. The van der Waals surface area contributed by atoms with Gasteiger partial charge < -0.3 is 10.0 Å². The van der Waals surface area contributed by atoms with Crippen molar-refractivity contribution >= 4 is 5.97 Å². The number of rotatable bonds is 4. The first kappa shape index (κ1) is 14.0. The average molecular weight is 263 g/mol. The molecule has 1 aliphatic rings. The van der Waals surface area contributed by atoms with Crippen LogP contribution in [0, 0.1) is 6.92 Å². The second-order valence-corrected chi connectivity index (χ2v) is 5.19. The van der Waals surface area contributed by atoms with Crippen molar-refractivity contribution < 1.29 is 9.90 Å². The fourth-order valence-corrected chi connectivity index (χ4v) is 2.43. The Morgan fingerprint density at radius 1 is 1.37 bits per heavy atom. The largest absolute Gasteiger partial charge is 0.481 e. The van der Waals surface area contributed by atoms with E-state index in [1.807, 2.05) is 19.1 Å². The summed E-state index contributed by atoms with van der Waals surface area (Å²) >= 11 is 0. The molecule has 1 unspecified atom stereocenters. The molecule has 0 spiro atoms. The second kappa shape index (κ2) is 6.12. The van der Waals surface area contributed by atoms with Crippen LogP contribution >= 0.6 is 0 Å². The summed E-state index contributed by atoms with van der Waals surface area (Å²) in [6.45, 7) is 5.71. The summed E-state index contributed by atoms with van der Waals surface area (Å²) in [7, 11) is 2.09. The van der Waals surface area contributed by atoms with Gasteiger partial charge in [0.05, 0.1) is 6.42 Å². The van der Waals surface area contributed by atoms with Crippen molar-refractivity contribution in [2.24, 2.45) is 0 Å². The smallest absolute Gasteiger partial charge is 0.305 e. The van der Waals surface area contributed by atoms with E-state index >= 15 is 0 Å². The van der Waals surface area contributed by atoms with Crippen molar-refractivity contribution in [3.63, 3.8) is 0 Å². The van der Waals surface area contributed by atoms with E-state index in [9.17, 15) is 4.79 Å². The molecule has 104 valence electrons. The fourth-order valence-electron chi connectivity index (χ4n) is 2.43. The standard InChI is InChI=1S/C14H21N3O2/c1-11-3-4-12(10-15-11)13(9-14(18)19)17-7-5-16(2)6-8-17/h3-4,10,13H,5-9H2,1-2H3,(H,18,19). The first-order valence-corrected chi connectivity index (χ1v) is 6.63. The molecule has 0 saturated carbocycles. The van der Waals surface area contributed by atoms with E-state index in [0.29, 0.717) is 0 Å². The van der Waals surface area contributed by atoms with Gasteiger partial charge in [0.25, 0.3) is 0 Å². The van der Waals surface area contributed by atoms with Crippen molar-refractivity contribution in [2.75, 3.05) is 33.2 Å². The van der Waals surface area contributed by atoms with Crippen molar-refractivity contribution in [2.45, 2.75) is 19.4 Å². The maximum absolute atomic E-state index is 11.1. The third kappa shape index (κ3) is 3.75. The highest BCUT2D eigenvalue weighted by atomic mass is 16.4. The molecule has 2 rings (SSSR count). The lowest BCUT2D eigenvalue weighted by atomic mass is 10.0. The molecule has 1 atom stereocenters. The zero-order chi connectivity index (χ0) is 13.8. The minimum atomic E-state index is -0.760. The van der Waals surface area contributed by atoms with Crippen LogP contribution in [-0.4, -0.2) is 59.1 Å². The molecular formula is C14H21N3O2. The van der Waals surface area contributed by atoms with Gasteiger partial charge in [-0.05, 0) is 25.6 Å². The molecule has 2 heterocycles. The topological polar surface area (TPSA) is 56.7 Å². The van der Waals surface area contributed by atoms with Gasteiger partial charge in [-0.15, -0.1) is 0 Å². The molecule has 1 aromatic heterocycles. The van der Waals surface area contributed by atoms with Crippen LogP contribution in [0.15, 0.2) is 18.3 Å². The van der Waals surface area contributed by atoms with Gasteiger partial charge in [-0.1, -0.05) is 6.07 Å². The van der Waals surface area contributed by atoms with Crippen LogP contribution in [0.1, 0.15) is 23.7 Å². The number of carboxylic acids is 1. The average Bonchev–Trinajstić information content (AvgIpc) is 2.38. The Morgan fingerprint density at radius 3 is 2.58 bits per heavy atom. The summed E-state index contributed by atoms with van der Waals surface area (Å²) < 4.78 is 0. The summed E-state index contributed by atoms with van der Waals surface area (Å²) in [5, 5.41) is 9.12. The molecule has 19 heavy (non-hydrogen) atoms. The van der Waals surface area contributed by atoms with Gasteiger partial charge >= 0.3 is 5.97 Å². The summed E-state index contributed by atoms with van der Waals surface area (Å²) in [4.78, 5) is 19.9. The van der Waals surface area contributed by atoms with Gasteiger partial charge in [0.15, 0.2) is 0 Å². The number of likely N-dealkylation sites (N-methyl/N-ethyl adjacent to an activating group) is 1. The highest BCUT2D eigenvalue weighted by Crippen LogP contribution is 2.25. The highest BCUT2D eigenvalue weighted by molar-refractivity contribution is 5.67. The lowest BCUT2D eigenvalue weighted by Crippen LogP contribution is -2.46. The monoisotopic (exact) mass is 263 g/mol. The van der Waals surface area contributed by atoms with Crippen LogP contribution < -0.4 is 0 Å². The Balaban J connectivity index is 2.15. The van der Waals surface area contributed by atoms with E-state index in [1.165, 1.54) is 0 Å². The third-order valence-electron chi connectivity index (χ3n) is 3.67. The van der Waals surface area contributed by atoms with Crippen molar-refractivity contribution in [3.8, 4) is 0 Å². The van der Waals surface area contributed by atoms with Crippen molar-refractivity contribution in [1.29, 1.82) is 0 Å². The fraction of sp³-hybridized carbons (Fsp3) is 0.571. The lowest BCUT2D eigenvalue weighted by molar-refractivity contribution is -0.138. The van der Waals surface area contributed by atoms with Crippen LogP contribution in [-0.2, 0) is 4.79 Å². The van der Waals surface area contributed by atoms with Gasteiger partial charge in [-0.25, -0.2) is 0 Å². The number of aryl methyl sites for hydroxylation is 1. The summed E-state index contributed by atoms with van der Waals surface area (Å²) in [5.74, 6) is -0.760. The van der Waals surface area contributed by atoms with Gasteiger partial charge in [-0.2, -0.15) is 0 Å². The molecule has 5 nitrogen and oxygen atoms in total. The third-order valence-corrected chi connectivity index (χ3v) is 3.67. The number of hydrogen-bond donors (Lipinski definition) is 1. The Kier molecular flexibility index (Phi) is 4.50. The number of aromatic nitrogens is 1. The van der Waals surface area contributed by atoms with Crippen LogP contribution in [0.3, 0.4) is 0 Å². The quantitative estimate of drug-likeness (QED) is 0.883. The zero-order valence-electron chi connectivity index (χ0n) is 11.5. The molecular weight excluding hydrogens is 242 g/mol. The number of carbonyl (C=O) groups is 1. The van der Waals surface area contributed by atoms with Crippen LogP contribution in [0.4, 0.5) is 0 Å². The molecule has 5 heteroatoms. The molecule has 0 amide bonds. The molecule has 1 aliphatic heterocycles. The van der Waals surface area contributed by atoms with E-state index < -0.39 is 5.97 Å². The highest BCUT2D eigenvalue weighted by Gasteiger charge is 2.26. The number of piperazine rings is 1. The van der Waals surface area contributed by atoms with Gasteiger partial charge in [0.1, 0.15) is 0 Å². The van der Waals surface area contributed by atoms with E-state index in [2.05, 4.69) is 21.8 Å². The molecule has 0 radical (unpaired) electrons. The number of carboxylic acid groups (broad SMARTS) is 1. The molecule has 1 N–H and O–H groups in total. The molecule has 0 aromatic carbocycles. The lowest BCUT2D eigenvalue weighted by Gasteiger charge is -2.37. The van der Waals surface area contributed by atoms with Crippen LogP contribution in [0.25, 0.3) is 0 Å². The Bertz CT molecular complexity index is 425. The van der Waals surface area contributed by atoms with Gasteiger partial charge in [0, 0.05) is 44.1 Å². The van der Waals surface area contributed by atoms with E-state index in [0.717, 1.165) is 37.4 Å². The maximum atomic E-state index is 11.1. The molecule has 1 fully saturated rings. The second-order valence-electron chi connectivity index (χ2n) is 5.19. The molecule has 1 aromatic rings. The van der Waals surface area contributed by atoms with Crippen LogP contribution in [0.2, 0.25) is 0 Å². The normalized spacial score (nSPS) is 19.3. The number of pyridine rings is 1. The van der Waals surface area contributed by atoms with Gasteiger partial charge in [0.2, 0.25) is 0 Å². The summed E-state index contributed by atoms with van der Waals surface area (Å²) in [6, 6.07) is 3.87. The van der Waals surface area contributed by atoms with E-state index in [1.54, 1.807) is 6.20 Å². The molecule has 0 aliphatic carbocycles. The molecule has 1 saturated heterocycles. The predicted octanol–water partition coefficient (Wildman–Crippen LogP) is 1.15. The number of nitrogens with zero attached hydrogens (tertiary/aromatic N) is 3. The summed E-state index contributed by atoms with van der Waals surface area (Å²) in [6.07, 6.45) is 1.94. The Labute approximate surface area is 113 Å². The first-order chi connectivity index (χ1) is 9.06. The number of hydrogen-bond acceptors (Lipinski definition) is 4. The Morgan fingerprint density at radius 2 is 2.05 bits per heavy atom. The van der Waals surface area contributed by atoms with Crippen molar-refractivity contribution in [3.05, 3.63) is 29.6 Å². The maximum Gasteiger partial charge on any atom is 0.305 e. The van der Waals surface area contributed by atoms with Gasteiger partial charge in [-0.3, -0.25) is 14.7 Å². The van der Waals surface area contributed by atoms with Crippen molar-refractivity contribution in [1.82, 2.24) is 14.8 Å². The van der Waals surface area contributed by atoms with E-state index in [4.69, 9.17) is 5.11 Å². The molecule has 0 bridgehead atoms. The minimum absolute atomic E-state index is 0.0701.